The van der Waals surface area contributed by atoms with Crippen molar-refractivity contribution in [1.82, 2.24) is 5.06 Å². The first kappa shape index (κ1) is 56.7. The number of fused-ring (bicyclic) bond motifs is 3. The fourth-order valence-electron chi connectivity index (χ4n) is 9.49. The van der Waals surface area contributed by atoms with Crippen molar-refractivity contribution in [2.75, 3.05) is 77.1 Å². The van der Waals surface area contributed by atoms with Crippen molar-refractivity contribution in [1.29, 1.82) is 0 Å². The fourth-order valence-corrected chi connectivity index (χ4v) is 10.5. The average Bonchev–Trinajstić information content (AvgIpc) is 3.74. The first-order valence-corrected chi connectivity index (χ1v) is 26.5. The van der Waals surface area contributed by atoms with E-state index in [1.807, 2.05) is 67.0 Å². The van der Waals surface area contributed by atoms with Gasteiger partial charge in [-0.15, -0.1) is 5.06 Å². The Hall–Kier alpha value is -4.58. The third-order valence-electron chi connectivity index (χ3n) is 12.9. The van der Waals surface area contributed by atoms with Gasteiger partial charge < -0.3 is 38.0 Å². The molecular weight excluding hydrogens is 982 g/mol. The molecule has 0 saturated carbocycles. The van der Waals surface area contributed by atoms with Gasteiger partial charge in [0.05, 0.1) is 67.9 Å². The van der Waals surface area contributed by atoms with Gasteiger partial charge in [0.1, 0.15) is 28.2 Å². The molecule has 4 aliphatic heterocycles. The van der Waals surface area contributed by atoms with Gasteiger partial charge in [-0.3, -0.25) is 14.1 Å². The van der Waals surface area contributed by atoms with E-state index in [9.17, 15) is 40.3 Å². The quantitative estimate of drug-likeness (QED) is 0.0447. The number of rotatable bonds is 24. The zero-order valence-corrected chi connectivity index (χ0v) is 45.3. The predicted molar refractivity (Wildman–Crippen MR) is 262 cm³/mol. The molecule has 4 heterocycles. The molecule has 382 valence electrons. The molecule has 4 aliphatic rings. The SMILES string of the molecule is COCCOCCOCCOCCN1c2cc3c(cc2C(C)=CC1(C)C)C(=CC1=[N+](CCCS(=O)(=O)O)c2ccc(S(=O)(=O)[O-])cc2C1(C)CCCC(=O)ON1C(=O)CCC1=O)C=C(c1ccccc1)O3.[Na+]. The van der Waals surface area contributed by atoms with Gasteiger partial charge in [-0.25, -0.2) is 13.2 Å². The minimum atomic E-state index is -4.96. The summed E-state index contributed by atoms with van der Waals surface area (Å²) in [6, 6.07) is 17.6. The van der Waals surface area contributed by atoms with Crippen LogP contribution < -0.4 is 39.2 Å². The molecule has 0 aliphatic carbocycles. The Kier molecular flexibility index (Phi) is 19.0. The van der Waals surface area contributed by atoms with Crippen LogP contribution >= 0.6 is 0 Å². The number of hydroxylamine groups is 2. The molecule has 7 rings (SSSR count). The maximum absolute atomic E-state index is 13.1. The Bertz CT molecular complexity index is 2870. The van der Waals surface area contributed by atoms with Crippen LogP contribution in [-0.4, -0.2) is 137 Å². The second-order valence-electron chi connectivity index (χ2n) is 18.4. The van der Waals surface area contributed by atoms with Gasteiger partial charge in [0.2, 0.25) is 5.69 Å². The normalized spacial score (nSPS) is 18.8. The van der Waals surface area contributed by atoms with Crippen LogP contribution in [0.25, 0.3) is 16.9 Å². The number of carbonyl (C=O) groups excluding carboxylic acids is 3. The van der Waals surface area contributed by atoms with Crippen molar-refractivity contribution >= 4 is 72.0 Å². The number of carbonyl (C=O) groups is 3. The zero-order chi connectivity index (χ0) is 51.1. The second kappa shape index (κ2) is 24.2. The molecule has 0 spiro atoms. The summed E-state index contributed by atoms with van der Waals surface area (Å²) in [5.41, 5.74) is 4.96. The molecule has 18 nitrogen and oxygen atoms in total. The number of hydrogen-bond donors (Lipinski definition) is 1. The average molecular weight is 1040 g/mol. The van der Waals surface area contributed by atoms with Gasteiger partial charge in [-0.05, 0) is 76.0 Å². The third kappa shape index (κ3) is 13.6. The maximum Gasteiger partial charge on any atom is 1.00 e. The van der Waals surface area contributed by atoms with Gasteiger partial charge in [0, 0.05) is 85.5 Å². The van der Waals surface area contributed by atoms with Crippen LogP contribution in [0.1, 0.15) is 88.5 Å². The number of amides is 2. The summed E-state index contributed by atoms with van der Waals surface area (Å²) in [5.74, 6) is -1.59. The summed E-state index contributed by atoms with van der Waals surface area (Å²) in [4.78, 5) is 44.5. The molecule has 3 aromatic rings. The van der Waals surface area contributed by atoms with Gasteiger partial charge in [0.15, 0.2) is 5.71 Å². The Morgan fingerprint density at radius 2 is 1.53 bits per heavy atom. The maximum atomic E-state index is 13.1. The van der Waals surface area contributed by atoms with Gasteiger partial charge in [-0.1, -0.05) is 36.4 Å². The van der Waals surface area contributed by atoms with Crippen molar-refractivity contribution in [3.63, 3.8) is 0 Å². The molecule has 72 heavy (non-hydrogen) atoms. The van der Waals surface area contributed by atoms with Crippen LogP contribution in [0.15, 0.2) is 83.8 Å². The number of methoxy groups -OCH3 is 1. The Balaban J connectivity index is 0.00000847. The molecule has 0 radical (unpaired) electrons. The van der Waals surface area contributed by atoms with Gasteiger partial charge >= 0.3 is 35.5 Å². The Morgan fingerprint density at radius 1 is 0.875 bits per heavy atom. The topological polar surface area (TPSA) is 228 Å². The first-order chi connectivity index (χ1) is 33.7. The van der Waals surface area contributed by atoms with Crippen LogP contribution in [0.5, 0.6) is 5.75 Å². The van der Waals surface area contributed by atoms with E-state index in [2.05, 4.69) is 30.9 Å². The smallest absolute Gasteiger partial charge is 0.744 e. The zero-order valence-electron chi connectivity index (χ0n) is 41.6. The van der Waals surface area contributed by atoms with Crippen molar-refractivity contribution in [3.05, 3.63) is 101 Å². The monoisotopic (exact) mass is 1040 g/mol. The first-order valence-electron chi connectivity index (χ1n) is 23.5. The van der Waals surface area contributed by atoms with Crippen LogP contribution in [0.3, 0.4) is 0 Å². The van der Waals surface area contributed by atoms with E-state index < -0.39 is 59.6 Å². The number of benzene rings is 3. The van der Waals surface area contributed by atoms with Crippen LogP contribution in [0.2, 0.25) is 0 Å². The standard InChI is InChI=1S/C51H61N3O15S2.Na/c1-35-34-50(2,3)53(20-21-65-24-25-67-27-26-66-23-22-64-5)43-33-45-40(32-39(35)43)37(29-44(68-45)36-11-7-6-8-12-36)30-46-51(4,18-9-13-49(57)69-54-47(55)16-17-48(54)56)41-31-38(71(61,62)63)14-15-42(41)52(46)19-10-28-70(58,59)60;/h6-8,11-12,14-15,29-34H,9-10,13,16-28H2,1-5H3,(H-,58,59,60,61,62,63);/q;+1. The number of anilines is 1. The molecule has 1 N–H and O–H groups in total. The summed E-state index contributed by atoms with van der Waals surface area (Å²) < 4.78 is 102. The summed E-state index contributed by atoms with van der Waals surface area (Å²) in [6.45, 7) is 11.9. The number of hydrogen-bond acceptors (Lipinski definition) is 15. The number of nitrogens with zero attached hydrogens (tertiary/aromatic N) is 3. The number of allylic oxidation sites excluding steroid dienone is 4. The summed E-state index contributed by atoms with van der Waals surface area (Å²) >= 11 is 0. The van der Waals surface area contributed by atoms with Crippen molar-refractivity contribution in [2.45, 2.75) is 82.1 Å². The van der Waals surface area contributed by atoms with E-state index in [1.165, 1.54) is 18.2 Å². The van der Waals surface area contributed by atoms with Gasteiger partial charge in [-0.2, -0.15) is 13.0 Å². The van der Waals surface area contributed by atoms with E-state index >= 15 is 0 Å². The second-order valence-corrected chi connectivity index (χ2v) is 21.4. The fraction of sp³-hybridized carbons (Fsp3) is 0.451. The predicted octanol–water partition coefficient (Wildman–Crippen LogP) is 3.22. The largest absolute Gasteiger partial charge is 1.00 e. The minimum absolute atomic E-state index is 0. The van der Waals surface area contributed by atoms with E-state index in [1.54, 1.807) is 7.11 Å². The minimum Gasteiger partial charge on any atom is -0.744 e. The van der Waals surface area contributed by atoms with Crippen molar-refractivity contribution in [2.24, 2.45) is 0 Å². The summed E-state index contributed by atoms with van der Waals surface area (Å²) in [6.07, 6.45) is 5.87. The van der Waals surface area contributed by atoms with E-state index in [-0.39, 0.29) is 74.6 Å². The van der Waals surface area contributed by atoms with Crippen LogP contribution in [0.4, 0.5) is 11.4 Å². The number of ether oxygens (including phenoxy) is 5. The number of imide groups is 1. The molecule has 3 aromatic carbocycles. The van der Waals surface area contributed by atoms with E-state index in [0.717, 1.165) is 22.4 Å². The third-order valence-corrected chi connectivity index (χ3v) is 14.6. The molecular formula is C51H61N3NaO15S2+. The van der Waals surface area contributed by atoms with E-state index in [0.29, 0.717) is 97.5 Å². The molecule has 1 atom stereocenters. The summed E-state index contributed by atoms with van der Waals surface area (Å²) in [7, 11) is -7.72. The molecule has 0 bridgehead atoms. The molecule has 21 heteroatoms. The molecule has 2 amide bonds. The van der Waals surface area contributed by atoms with Crippen LogP contribution in [0, 0.1) is 0 Å². The van der Waals surface area contributed by atoms with Crippen molar-refractivity contribution in [3.8, 4) is 5.75 Å². The Morgan fingerprint density at radius 3 is 2.17 bits per heavy atom. The summed E-state index contributed by atoms with van der Waals surface area (Å²) in [5, 5.41) is 0.476. The molecule has 0 aromatic heterocycles. The van der Waals surface area contributed by atoms with Crippen LogP contribution in [-0.2, 0) is 63.8 Å². The molecule has 1 fully saturated rings. The van der Waals surface area contributed by atoms with E-state index in [4.69, 9.17) is 28.5 Å². The Labute approximate surface area is 443 Å². The molecule has 1 unspecified atom stereocenters. The van der Waals surface area contributed by atoms with Crippen molar-refractivity contribution < 1.29 is 103 Å². The molecule has 1 saturated heterocycles. The van der Waals surface area contributed by atoms with Gasteiger partial charge in [0.25, 0.3) is 21.9 Å².